The fourth-order valence-corrected chi connectivity index (χ4v) is 2.49. The molecule has 0 amide bonds. The number of carbonyl (C=O) groups is 1. The number of phenols is 1. The summed E-state index contributed by atoms with van der Waals surface area (Å²) in [6.45, 7) is 1.67. The third-order valence-corrected chi connectivity index (χ3v) is 3.39. The number of hydrogen-bond acceptors (Lipinski definition) is 3. The molecule has 3 nitrogen and oxygen atoms in total. The molecule has 1 aliphatic carbocycles. The average Bonchev–Trinajstić information content (AvgIpc) is 2.70. The molecule has 1 fully saturated rings. The first-order chi connectivity index (χ1) is 7.59. The van der Waals surface area contributed by atoms with Crippen LogP contribution in [0, 0.1) is 6.92 Å². The van der Waals surface area contributed by atoms with Gasteiger partial charge in [-0.15, -0.1) is 0 Å². The van der Waals surface area contributed by atoms with Gasteiger partial charge in [0.25, 0.3) is 0 Å². The first-order valence-electron chi connectivity index (χ1n) is 5.64. The minimum absolute atomic E-state index is 0. The molecule has 0 bridgehead atoms. The summed E-state index contributed by atoms with van der Waals surface area (Å²) in [5, 5.41) is 20.8. The van der Waals surface area contributed by atoms with Crippen molar-refractivity contribution in [3.63, 3.8) is 0 Å². The summed E-state index contributed by atoms with van der Waals surface area (Å²) in [5.41, 5.74) is 1.52. The molecular weight excluding hydrogens is 227 g/mol. The summed E-state index contributed by atoms with van der Waals surface area (Å²) in [6.07, 6.45) is 4.36. The van der Waals surface area contributed by atoms with Crippen molar-refractivity contribution < 1.29 is 44.6 Å². The summed E-state index contributed by atoms with van der Waals surface area (Å²) in [5.74, 6) is -0.648. The first-order valence-corrected chi connectivity index (χ1v) is 5.64. The molecule has 4 heteroatoms. The van der Waals surface area contributed by atoms with Crippen molar-refractivity contribution in [2.45, 2.75) is 38.5 Å². The number of aromatic carboxylic acids is 1. The van der Waals surface area contributed by atoms with Crippen molar-refractivity contribution in [3.05, 3.63) is 28.8 Å². The van der Waals surface area contributed by atoms with Crippen LogP contribution in [-0.4, -0.2) is 11.1 Å². The summed E-state index contributed by atoms with van der Waals surface area (Å²) in [7, 11) is 0. The molecule has 0 saturated heterocycles. The Balaban J connectivity index is 0.00000144. The standard InChI is InChI=1S/C13H16O3.Na/c1-8-6-12(14)11(7-10(8)13(15)16)9-4-2-3-5-9;/h6-7,9,14H,2-5H2,1H3,(H,15,16);/q;+1/p-1. The van der Waals surface area contributed by atoms with Gasteiger partial charge in [0.1, 0.15) is 5.75 Å². The summed E-state index contributed by atoms with van der Waals surface area (Å²) >= 11 is 0. The smallest absolute Gasteiger partial charge is 0.545 e. The molecule has 0 heterocycles. The third-order valence-electron chi connectivity index (χ3n) is 3.39. The van der Waals surface area contributed by atoms with Gasteiger partial charge in [0.15, 0.2) is 0 Å². The van der Waals surface area contributed by atoms with Crippen molar-refractivity contribution in [3.8, 4) is 5.75 Å². The van der Waals surface area contributed by atoms with E-state index in [9.17, 15) is 15.0 Å². The molecule has 0 atom stereocenters. The van der Waals surface area contributed by atoms with E-state index in [1.165, 1.54) is 6.07 Å². The second kappa shape index (κ2) is 5.89. The number of hydrogen-bond donors (Lipinski definition) is 1. The third kappa shape index (κ3) is 3.03. The minimum Gasteiger partial charge on any atom is -0.545 e. The SMILES string of the molecule is Cc1cc(O)c(C2CCCC2)cc1C(=O)[O-].[Na+]. The Bertz CT molecular complexity index is 423. The number of carbonyl (C=O) groups excluding carboxylic acids is 1. The van der Waals surface area contributed by atoms with Crippen LogP contribution in [0.1, 0.15) is 53.1 Å². The van der Waals surface area contributed by atoms with E-state index in [0.29, 0.717) is 11.5 Å². The predicted molar refractivity (Wildman–Crippen MR) is 58.4 cm³/mol. The molecule has 0 aromatic heterocycles. The quantitative estimate of drug-likeness (QED) is 0.658. The molecule has 1 aromatic rings. The van der Waals surface area contributed by atoms with Crippen molar-refractivity contribution in [2.24, 2.45) is 0 Å². The minimum atomic E-state index is -1.17. The molecule has 0 unspecified atom stereocenters. The van der Waals surface area contributed by atoms with Gasteiger partial charge >= 0.3 is 29.6 Å². The van der Waals surface area contributed by atoms with Crippen LogP contribution < -0.4 is 34.7 Å². The van der Waals surface area contributed by atoms with Crippen molar-refractivity contribution in [1.82, 2.24) is 0 Å². The Morgan fingerprint density at radius 1 is 1.35 bits per heavy atom. The molecule has 17 heavy (non-hydrogen) atoms. The van der Waals surface area contributed by atoms with Crippen LogP contribution in [0.5, 0.6) is 5.75 Å². The molecule has 0 spiro atoms. The van der Waals surface area contributed by atoms with Gasteiger partial charge in [0.05, 0.1) is 5.97 Å². The number of carboxylic acids is 1. The molecule has 0 aliphatic heterocycles. The van der Waals surface area contributed by atoms with Crippen LogP contribution >= 0.6 is 0 Å². The van der Waals surface area contributed by atoms with E-state index in [-0.39, 0.29) is 40.9 Å². The molecular formula is C13H15NaO3. The van der Waals surface area contributed by atoms with Crippen molar-refractivity contribution in [1.29, 1.82) is 0 Å². The first kappa shape index (κ1) is 14.6. The van der Waals surface area contributed by atoms with Crippen LogP contribution in [0.3, 0.4) is 0 Å². The summed E-state index contributed by atoms with van der Waals surface area (Å²) in [4.78, 5) is 10.9. The van der Waals surface area contributed by atoms with Crippen LogP contribution in [0.4, 0.5) is 0 Å². The largest absolute Gasteiger partial charge is 1.00 e. The van der Waals surface area contributed by atoms with E-state index >= 15 is 0 Å². The number of rotatable bonds is 2. The van der Waals surface area contributed by atoms with E-state index in [2.05, 4.69) is 0 Å². The van der Waals surface area contributed by atoms with Gasteiger partial charge in [-0.3, -0.25) is 0 Å². The number of phenolic OH excluding ortho intramolecular Hbond substituents is 1. The molecule has 1 aliphatic rings. The van der Waals surface area contributed by atoms with Gasteiger partial charge < -0.3 is 15.0 Å². The van der Waals surface area contributed by atoms with Crippen LogP contribution in [-0.2, 0) is 0 Å². The molecule has 86 valence electrons. The number of aromatic hydroxyl groups is 1. The van der Waals surface area contributed by atoms with Gasteiger partial charge in [-0.05, 0) is 48.9 Å². The Kier molecular flexibility index (Phi) is 5.04. The molecule has 1 N–H and O–H groups in total. The fraction of sp³-hybridized carbons (Fsp3) is 0.462. The summed E-state index contributed by atoms with van der Waals surface area (Å²) < 4.78 is 0. The molecule has 0 radical (unpaired) electrons. The van der Waals surface area contributed by atoms with Crippen LogP contribution in [0.2, 0.25) is 0 Å². The van der Waals surface area contributed by atoms with E-state index < -0.39 is 5.97 Å². The zero-order valence-electron chi connectivity index (χ0n) is 10.3. The van der Waals surface area contributed by atoms with Crippen molar-refractivity contribution >= 4 is 5.97 Å². The topological polar surface area (TPSA) is 60.4 Å². The maximum absolute atomic E-state index is 10.9. The average molecular weight is 242 g/mol. The van der Waals surface area contributed by atoms with Gasteiger partial charge in [0.2, 0.25) is 0 Å². The van der Waals surface area contributed by atoms with Crippen molar-refractivity contribution in [2.75, 3.05) is 0 Å². The second-order valence-electron chi connectivity index (χ2n) is 4.49. The zero-order valence-corrected chi connectivity index (χ0v) is 12.3. The van der Waals surface area contributed by atoms with Gasteiger partial charge in [-0.25, -0.2) is 0 Å². The van der Waals surface area contributed by atoms with E-state index in [4.69, 9.17) is 0 Å². The summed E-state index contributed by atoms with van der Waals surface area (Å²) in [6, 6.07) is 3.11. The predicted octanol–water partition coefficient (Wildman–Crippen LogP) is -1.27. The fourth-order valence-electron chi connectivity index (χ4n) is 2.49. The van der Waals surface area contributed by atoms with E-state index in [1.54, 1.807) is 13.0 Å². The number of aryl methyl sites for hydroxylation is 1. The Labute approximate surface area is 123 Å². The maximum atomic E-state index is 10.9. The molecule has 2 rings (SSSR count). The monoisotopic (exact) mass is 242 g/mol. The van der Waals surface area contributed by atoms with Gasteiger partial charge in [-0.1, -0.05) is 12.8 Å². The second-order valence-corrected chi connectivity index (χ2v) is 4.49. The Hall–Kier alpha value is -0.510. The van der Waals surface area contributed by atoms with E-state index in [1.807, 2.05) is 0 Å². The molecule has 1 aromatic carbocycles. The van der Waals surface area contributed by atoms with Crippen LogP contribution in [0.15, 0.2) is 12.1 Å². The Morgan fingerprint density at radius 2 is 1.94 bits per heavy atom. The van der Waals surface area contributed by atoms with Gasteiger partial charge in [-0.2, -0.15) is 0 Å². The van der Waals surface area contributed by atoms with Gasteiger partial charge in [0, 0.05) is 5.56 Å². The molecule has 1 saturated carbocycles. The zero-order chi connectivity index (χ0) is 11.7. The number of carboxylic acid groups (broad SMARTS) is 1. The maximum Gasteiger partial charge on any atom is 1.00 e. The van der Waals surface area contributed by atoms with E-state index in [0.717, 1.165) is 31.2 Å². The number of benzene rings is 1. The normalized spacial score (nSPS) is 15.6. The van der Waals surface area contributed by atoms with Crippen LogP contribution in [0.25, 0.3) is 0 Å². The Morgan fingerprint density at radius 3 is 2.47 bits per heavy atom.